The van der Waals surface area contributed by atoms with Crippen molar-refractivity contribution < 1.29 is 9.53 Å². The molecule has 6 nitrogen and oxygen atoms in total. The van der Waals surface area contributed by atoms with Gasteiger partial charge in [-0.15, -0.1) is 0 Å². The van der Waals surface area contributed by atoms with E-state index in [-0.39, 0.29) is 17.5 Å². The average molecular weight is 388 g/mol. The number of hydrogen-bond donors (Lipinski definition) is 2. The molecule has 3 rings (SSSR count). The number of ether oxygens (including phenoxy) is 1. The van der Waals surface area contributed by atoms with Gasteiger partial charge in [-0.05, 0) is 62.5 Å². The standard InChI is InChI=1S/C20H25N3O3S/c1-13(14-6-4-3-5-7-14)23-19(25)16-9-8-15(12-17(16)22-20(23)27)18(24)21-10-11-26-2/h4,6,8-9,12-14H,3,5,7,10-11H2,1-2H3,(H,21,24)(H,22,27). The zero-order valence-corrected chi connectivity index (χ0v) is 16.5. The first-order valence-corrected chi connectivity index (χ1v) is 9.66. The number of H-pyrrole nitrogens is 1. The van der Waals surface area contributed by atoms with Gasteiger partial charge in [-0.3, -0.25) is 14.2 Å². The third-order valence-electron chi connectivity index (χ3n) is 5.10. The SMILES string of the molecule is COCCNC(=O)c1ccc2c(=O)n(C(C)C3C=CCCC3)c(=S)[nH]c2c1. The number of nitrogens with zero attached hydrogens (tertiary/aromatic N) is 1. The Morgan fingerprint density at radius 1 is 1.48 bits per heavy atom. The Morgan fingerprint density at radius 2 is 2.30 bits per heavy atom. The molecule has 2 aromatic rings. The summed E-state index contributed by atoms with van der Waals surface area (Å²) in [6, 6.07) is 5.01. The van der Waals surface area contributed by atoms with Gasteiger partial charge in [0.15, 0.2) is 4.77 Å². The van der Waals surface area contributed by atoms with E-state index in [0.29, 0.717) is 40.3 Å². The van der Waals surface area contributed by atoms with Crippen molar-refractivity contribution in [3.63, 3.8) is 0 Å². The van der Waals surface area contributed by atoms with E-state index in [9.17, 15) is 9.59 Å². The van der Waals surface area contributed by atoms with Gasteiger partial charge in [0.25, 0.3) is 11.5 Å². The molecule has 1 aliphatic carbocycles. The summed E-state index contributed by atoms with van der Waals surface area (Å²) in [5.41, 5.74) is 0.934. The number of carbonyl (C=O) groups excluding carboxylic acids is 1. The molecule has 2 atom stereocenters. The van der Waals surface area contributed by atoms with Gasteiger partial charge in [-0.25, -0.2) is 0 Å². The summed E-state index contributed by atoms with van der Waals surface area (Å²) in [7, 11) is 1.58. The predicted octanol–water partition coefficient (Wildman–Crippen LogP) is 3.35. The summed E-state index contributed by atoms with van der Waals surface area (Å²) < 4.78 is 6.98. The van der Waals surface area contributed by atoms with Crippen LogP contribution in [0.4, 0.5) is 0 Å². The van der Waals surface area contributed by atoms with Crippen molar-refractivity contribution in [2.24, 2.45) is 5.92 Å². The number of fused-ring (bicyclic) bond motifs is 1. The molecule has 2 N–H and O–H groups in total. The van der Waals surface area contributed by atoms with Crippen molar-refractivity contribution >= 4 is 29.0 Å². The summed E-state index contributed by atoms with van der Waals surface area (Å²) >= 11 is 5.47. The molecule has 0 radical (unpaired) electrons. The maximum Gasteiger partial charge on any atom is 0.262 e. The van der Waals surface area contributed by atoms with Crippen LogP contribution in [0.15, 0.2) is 35.1 Å². The number of aromatic amines is 1. The molecular formula is C20H25N3O3S. The first-order valence-electron chi connectivity index (χ1n) is 9.25. The van der Waals surface area contributed by atoms with Crippen LogP contribution in [-0.4, -0.2) is 35.7 Å². The van der Waals surface area contributed by atoms with Crippen LogP contribution in [0.2, 0.25) is 0 Å². The van der Waals surface area contributed by atoms with Crippen LogP contribution in [0, 0.1) is 10.7 Å². The van der Waals surface area contributed by atoms with E-state index in [4.69, 9.17) is 17.0 Å². The Hall–Kier alpha value is -2.25. The maximum absolute atomic E-state index is 13.1. The Balaban J connectivity index is 1.95. The van der Waals surface area contributed by atoms with Crippen LogP contribution < -0.4 is 10.9 Å². The molecule has 144 valence electrons. The van der Waals surface area contributed by atoms with Crippen molar-refractivity contribution in [1.82, 2.24) is 14.9 Å². The number of nitrogens with one attached hydrogen (secondary N) is 2. The predicted molar refractivity (Wildman–Crippen MR) is 109 cm³/mol. The highest BCUT2D eigenvalue weighted by atomic mass is 32.1. The molecule has 7 heteroatoms. The number of amides is 1. The molecule has 0 spiro atoms. The van der Waals surface area contributed by atoms with E-state index in [1.807, 2.05) is 6.92 Å². The Bertz CT molecular complexity index is 977. The van der Waals surface area contributed by atoms with Crippen molar-refractivity contribution in [1.29, 1.82) is 0 Å². The Labute approximate surface area is 163 Å². The van der Waals surface area contributed by atoms with E-state index in [0.717, 1.165) is 19.3 Å². The molecule has 1 heterocycles. The highest BCUT2D eigenvalue weighted by Gasteiger charge is 2.21. The lowest BCUT2D eigenvalue weighted by Gasteiger charge is -2.25. The molecule has 1 amide bonds. The van der Waals surface area contributed by atoms with Crippen LogP contribution in [0.25, 0.3) is 10.9 Å². The minimum atomic E-state index is -0.210. The summed E-state index contributed by atoms with van der Waals surface area (Å²) in [6.45, 7) is 2.91. The minimum absolute atomic E-state index is 0.0146. The van der Waals surface area contributed by atoms with Gasteiger partial charge in [0, 0.05) is 25.3 Å². The highest BCUT2D eigenvalue weighted by molar-refractivity contribution is 7.71. The van der Waals surface area contributed by atoms with Crippen LogP contribution in [0.5, 0.6) is 0 Å². The highest BCUT2D eigenvalue weighted by Crippen LogP contribution is 2.27. The lowest BCUT2D eigenvalue weighted by atomic mass is 9.90. The molecule has 0 fully saturated rings. The second-order valence-electron chi connectivity index (χ2n) is 6.88. The second kappa shape index (κ2) is 8.63. The largest absolute Gasteiger partial charge is 0.383 e. The van der Waals surface area contributed by atoms with Gasteiger partial charge in [-0.2, -0.15) is 0 Å². The first kappa shape index (κ1) is 19.5. The van der Waals surface area contributed by atoms with E-state index >= 15 is 0 Å². The number of hydrogen-bond acceptors (Lipinski definition) is 4. The molecule has 0 saturated heterocycles. The zero-order chi connectivity index (χ0) is 19.4. The van der Waals surface area contributed by atoms with Gasteiger partial charge in [0.2, 0.25) is 0 Å². The molecule has 0 aliphatic heterocycles. The van der Waals surface area contributed by atoms with E-state index in [1.165, 1.54) is 0 Å². The fraction of sp³-hybridized carbons (Fsp3) is 0.450. The smallest absolute Gasteiger partial charge is 0.262 e. The van der Waals surface area contributed by atoms with Crippen molar-refractivity contribution in [3.8, 4) is 0 Å². The summed E-state index contributed by atoms with van der Waals surface area (Å²) in [4.78, 5) is 28.4. The van der Waals surface area contributed by atoms with Crippen LogP contribution in [-0.2, 0) is 4.74 Å². The van der Waals surface area contributed by atoms with Crippen molar-refractivity contribution in [3.05, 3.63) is 51.0 Å². The van der Waals surface area contributed by atoms with Gasteiger partial charge in [-0.1, -0.05) is 12.2 Å². The van der Waals surface area contributed by atoms with E-state index in [2.05, 4.69) is 22.5 Å². The Kier molecular flexibility index (Phi) is 6.23. The van der Waals surface area contributed by atoms with E-state index in [1.54, 1.807) is 29.9 Å². The molecular weight excluding hydrogens is 362 g/mol. The number of benzene rings is 1. The lowest BCUT2D eigenvalue weighted by molar-refractivity contribution is 0.0937. The number of rotatable bonds is 6. The van der Waals surface area contributed by atoms with Crippen LogP contribution >= 0.6 is 12.2 Å². The van der Waals surface area contributed by atoms with Crippen LogP contribution in [0.3, 0.4) is 0 Å². The van der Waals surface area contributed by atoms with E-state index < -0.39 is 0 Å². The monoisotopic (exact) mass is 387 g/mol. The minimum Gasteiger partial charge on any atom is -0.383 e. The van der Waals surface area contributed by atoms with Gasteiger partial charge in [0.05, 0.1) is 17.5 Å². The summed E-state index contributed by atoms with van der Waals surface area (Å²) in [5, 5.41) is 3.30. The topological polar surface area (TPSA) is 76.1 Å². The molecule has 1 aromatic heterocycles. The zero-order valence-electron chi connectivity index (χ0n) is 15.7. The fourth-order valence-corrected chi connectivity index (χ4v) is 3.90. The number of allylic oxidation sites excluding steroid dienone is 2. The molecule has 0 bridgehead atoms. The summed E-state index contributed by atoms with van der Waals surface area (Å²) in [6.07, 6.45) is 7.65. The molecule has 1 aromatic carbocycles. The fourth-order valence-electron chi connectivity index (χ4n) is 3.54. The van der Waals surface area contributed by atoms with Gasteiger partial charge in [0.1, 0.15) is 0 Å². The van der Waals surface area contributed by atoms with Gasteiger partial charge < -0.3 is 15.0 Å². The number of aromatic nitrogens is 2. The van der Waals surface area contributed by atoms with Crippen molar-refractivity contribution in [2.45, 2.75) is 32.2 Å². The molecule has 2 unspecified atom stereocenters. The molecule has 27 heavy (non-hydrogen) atoms. The normalized spacial score (nSPS) is 17.8. The first-order chi connectivity index (χ1) is 13.0. The maximum atomic E-state index is 13.1. The number of methoxy groups -OCH3 is 1. The van der Waals surface area contributed by atoms with Crippen LogP contribution in [0.1, 0.15) is 42.6 Å². The average Bonchev–Trinajstić information content (AvgIpc) is 2.68. The molecule has 1 aliphatic rings. The third kappa shape index (κ3) is 4.20. The second-order valence-corrected chi connectivity index (χ2v) is 7.26. The summed E-state index contributed by atoms with van der Waals surface area (Å²) in [5.74, 6) is 0.0907. The number of carbonyl (C=O) groups is 1. The third-order valence-corrected chi connectivity index (χ3v) is 5.40. The van der Waals surface area contributed by atoms with Gasteiger partial charge >= 0.3 is 0 Å². The quantitative estimate of drug-likeness (QED) is 0.453. The molecule has 0 saturated carbocycles. The Morgan fingerprint density at radius 3 is 3.00 bits per heavy atom. The lowest BCUT2D eigenvalue weighted by Crippen LogP contribution is -2.30. The van der Waals surface area contributed by atoms with Crippen molar-refractivity contribution in [2.75, 3.05) is 20.3 Å².